The lowest BCUT2D eigenvalue weighted by atomic mass is 10.0. The van der Waals surface area contributed by atoms with E-state index in [0.29, 0.717) is 24.0 Å². The highest BCUT2D eigenvalue weighted by Crippen LogP contribution is 2.40. The van der Waals surface area contributed by atoms with Crippen LogP contribution in [-0.2, 0) is 4.79 Å². The minimum atomic E-state index is 0.462. The molecule has 0 spiro atoms. The first-order valence-corrected chi connectivity index (χ1v) is 8.23. The van der Waals surface area contributed by atoms with Gasteiger partial charge in [-0.1, -0.05) is 0 Å². The first kappa shape index (κ1) is 17.3. The number of pyridine rings is 1. The van der Waals surface area contributed by atoms with Gasteiger partial charge in [-0.05, 0) is 6.07 Å². The van der Waals surface area contributed by atoms with Crippen LogP contribution in [0.25, 0.3) is 10.9 Å². The molecule has 1 aliphatic heterocycles. The third-order valence-electron chi connectivity index (χ3n) is 4.54. The number of nitrogens with zero attached hydrogens (tertiary/aromatic N) is 3. The molecule has 1 N–H and O–H groups in total. The molecular weight excluding hydrogens is 320 g/mol. The Kier molecular flexibility index (Phi) is 4.94. The molecule has 134 valence electrons. The van der Waals surface area contributed by atoms with Crippen molar-refractivity contribution in [3.63, 3.8) is 0 Å². The lowest BCUT2D eigenvalue weighted by Gasteiger charge is -2.33. The number of carbonyl (C=O) groups is 1. The molecule has 0 radical (unpaired) electrons. The Labute approximate surface area is 147 Å². The van der Waals surface area contributed by atoms with Gasteiger partial charge in [-0.25, -0.2) is 0 Å². The Morgan fingerprint density at radius 2 is 1.92 bits per heavy atom. The molecule has 1 aromatic heterocycles. The Bertz CT molecular complexity index is 774. The largest absolute Gasteiger partial charge is 0.493 e. The summed E-state index contributed by atoms with van der Waals surface area (Å²) >= 11 is 0. The fourth-order valence-corrected chi connectivity index (χ4v) is 3.07. The number of nitrogens with one attached hydrogen (secondary N) is 1. The van der Waals surface area contributed by atoms with Crippen molar-refractivity contribution in [3.8, 4) is 11.5 Å². The highest BCUT2D eigenvalue weighted by atomic mass is 16.5. The summed E-state index contributed by atoms with van der Waals surface area (Å²) in [5.74, 6) is 1.69. The first-order valence-electron chi connectivity index (χ1n) is 8.23. The number of ether oxygens (including phenoxy) is 2. The highest BCUT2D eigenvalue weighted by molar-refractivity contribution is 6.03. The summed E-state index contributed by atoms with van der Waals surface area (Å²) in [6, 6.07) is 3.73. The average molecular weight is 344 g/mol. The van der Waals surface area contributed by atoms with E-state index in [0.717, 1.165) is 41.8 Å². The number of methoxy groups -OCH3 is 2. The zero-order chi connectivity index (χ0) is 18.0. The number of benzene rings is 1. The third-order valence-corrected chi connectivity index (χ3v) is 4.54. The van der Waals surface area contributed by atoms with Gasteiger partial charge >= 0.3 is 0 Å². The monoisotopic (exact) mass is 344 g/mol. The van der Waals surface area contributed by atoms with Crippen molar-refractivity contribution in [1.29, 1.82) is 0 Å². The standard InChI is InChI=1S/C18H24N4O3/c1-21(2)15-9-20-14-6-17(25-4)16(24-3)5-13(14)18(15)22(11-23)10-12-7-19-8-12/h5-6,9,11-12,19H,7-8,10H2,1-4H3. The van der Waals surface area contributed by atoms with Crippen LogP contribution in [-0.4, -0.2) is 59.3 Å². The van der Waals surface area contributed by atoms with Gasteiger partial charge in [0.15, 0.2) is 11.5 Å². The highest BCUT2D eigenvalue weighted by Gasteiger charge is 2.24. The van der Waals surface area contributed by atoms with E-state index in [9.17, 15) is 4.79 Å². The predicted octanol–water partition coefficient (Wildman–Crippen LogP) is 1.50. The minimum absolute atomic E-state index is 0.462. The average Bonchev–Trinajstić information content (AvgIpc) is 2.59. The van der Waals surface area contributed by atoms with Gasteiger partial charge in [-0.15, -0.1) is 0 Å². The third kappa shape index (κ3) is 3.19. The van der Waals surface area contributed by atoms with Crippen molar-refractivity contribution in [2.24, 2.45) is 5.92 Å². The molecule has 0 aliphatic carbocycles. The zero-order valence-corrected chi connectivity index (χ0v) is 15.1. The van der Waals surface area contributed by atoms with Crippen LogP contribution in [0.2, 0.25) is 0 Å². The molecule has 1 amide bonds. The van der Waals surface area contributed by atoms with Crippen LogP contribution >= 0.6 is 0 Å². The van der Waals surface area contributed by atoms with E-state index in [1.165, 1.54) is 0 Å². The minimum Gasteiger partial charge on any atom is -0.493 e. The maximum Gasteiger partial charge on any atom is 0.214 e. The molecule has 7 heteroatoms. The number of aromatic nitrogens is 1. The summed E-state index contributed by atoms with van der Waals surface area (Å²) in [6.45, 7) is 2.54. The predicted molar refractivity (Wildman–Crippen MR) is 98.9 cm³/mol. The molecule has 2 aromatic rings. The molecule has 0 unspecified atom stereocenters. The van der Waals surface area contributed by atoms with Crippen LogP contribution < -0.4 is 24.6 Å². The lowest BCUT2D eigenvalue weighted by Crippen LogP contribution is -2.48. The molecule has 25 heavy (non-hydrogen) atoms. The molecule has 7 nitrogen and oxygen atoms in total. The van der Waals surface area contributed by atoms with E-state index in [4.69, 9.17) is 9.47 Å². The second-order valence-electron chi connectivity index (χ2n) is 6.39. The van der Waals surface area contributed by atoms with E-state index in [2.05, 4.69) is 10.3 Å². The molecule has 1 aromatic carbocycles. The first-order chi connectivity index (χ1) is 12.1. The van der Waals surface area contributed by atoms with Crippen LogP contribution in [0.3, 0.4) is 0 Å². The van der Waals surface area contributed by atoms with E-state index in [1.807, 2.05) is 31.1 Å². The van der Waals surface area contributed by atoms with Gasteiger partial charge in [0, 0.05) is 51.1 Å². The van der Waals surface area contributed by atoms with Crippen molar-refractivity contribution >= 4 is 28.7 Å². The summed E-state index contributed by atoms with van der Waals surface area (Å²) in [4.78, 5) is 20.2. The number of anilines is 2. The van der Waals surface area contributed by atoms with Crippen LogP contribution in [0.4, 0.5) is 11.4 Å². The van der Waals surface area contributed by atoms with Gasteiger partial charge in [0.1, 0.15) is 0 Å². The fourth-order valence-electron chi connectivity index (χ4n) is 3.07. The second-order valence-corrected chi connectivity index (χ2v) is 6.39. The van der Waals surface area contributed by atoms with Crippen LogP contribution in [0.5, 0.6) is 11.5 Å². The van der Waals surface area contributed by atoms with Crippen molar-refractivity contribution in [1.82, 2.24) is 10.3 Å². The van der Waals surface area contributed by atoms with E-state index < -0.39 is 0 Å². The summed E-state index contributed by atoms with van der Waals surface area (Å²) in [5, 5.41) is 4.11. The molecule has 3 rings (SSSR count). The second kappa shape index (κ2) is 7.14. The van der Waals surface area contributed by atoms with Crippen LogP contribution in [0.15, 0.2) is 18.3 Å². The van der Waals surface area contributed by atoms with Crippen molar-refractivity contribution < 1.29 is 14.3 Å². The van der Waals surface area contributed by atoms with Gasteiger partial charge in [0.05, 0.1) is 37.3 Å². The molecule has 1 aliphatic rings. The summed E-state index contributed by atoms with van der Waals surface area (Å²) in [6.07, 6.45) is 2.69. The maximum absolute atomic E-state index is 11.9. The SMILES string of the molecule is COc1cc2ncc(N(C)C)c(N(C=O)CC3CNC3)c2cc1OC. The van der Waals surface area contributed by atoms with Gasteiger partial charge in [-0.2, -0.15) is 0 Å². The van der Waals surface area contributed by atoms with Gasteiger partial charge in [0.25, 0.3) is 0 Å². The lowest BCUT2D eigenvalue weighted by molar-refractivity contribution is -0.107. The van der Waals surface area contributed by atoms with Gasteiger partial charge in [0.2, 0.25) is 6.41 Å². The number of amides is 1. The zero-order valence-electron chi connectivity index (χ0n) is 15.1. The topological polar surface area (TPSA) is 66.9 Å². The molecule has 1 saturated heterocycles. The number of hydrogen-bond donors (Lipinski definition) is 1. The number of rotatable bonds is 7. The smallest absolute Gasteiger partial charge is 0.214 e. The fraction of sp³-hybridized carbons (Fsp3) is 0.444. The number of carbonyl (C=O) groups excluding carboxylic acids is 1. The number of fused-ring (bicyclic) bond motifs is 1. The van der Waals surface area contributed by atoms with E-state index in [1.54, 1.807) is 25.3 Å². The summed E-state index contributed by atoms with van der Waals surface area (Å²) in [5.41, 5.74) is 2.49. The normalized spacial score (nSPS) is 14.1. The maximum atomic E-state index is 11.9. The molecule has 0 bridgehead atoms. The van der Waals surface area contributed by atoms with Crippen molar-refractivity contribution in [2.75, 3.05) is 57.7 Å². The molecular formula is C18H24N4O3. The molecule has 1 fully saturated rings. The Hall–Kier alpha value is -2.54. The Morgan fingerprint density at radius 3 is 2.44 bits per heavy atom. The quantitative estimate of drug-likeness (QED) is 0.768. The Morgan fingerprint density at radius 1 is 1.24 bits per heavy atom. The van der Waals surface area contributed by atoms with Crippen LogP contribution in [0.1, 0.15) is 0 Å². The van der Waals surface area contributed by atoms with Gasteiger partial charge in [-0.3, -0.25) is 9.78 Å². The van der Waals surface area contributed by atoms with E-state index in [-0.39, 0.29) is 0 Å². The molecule has 0 atom stereocenters. The van der Waals surface area contributed by atoms with Gasteiger partial charge < -0.3 is 24.6 Å². The molecule has 0 saturated carbocycles. The van der Waals surface area contributed by atoms with Crippen molar-refractivity contribution in [2.45, 2.75) is 0 Å². The van der Waals surface area contributed by atoms with E-state index >= 15 is 0 Å². The number of hydrogen-bond acceptors (Lipinski definition) is 6. The van der Waals surface area contributed by atoms with Crippen molar-refractivity contribution in [3.05, 3.63) is 18.3 Å². The summed E-state index contributed by atoms with van der Waals surface area (Å²) < 4.78 is 10.8. The summed E-state index contributed by atoms with van der Waals surface area (Å²) in [7, 11) is 7.09. The molecule has 2 heterocycles. The van der Waals surface area contributed by atoms with Crippen LogP contribution in [0, 0.1) is 5.92 Å². The Balaban J connectivity index is 2.19.